The van der Waals surface area contributed by atoms with Crippen molar-refractivity contribution in [2.24, 2.45) is 0 Å². The molecule has 0 bridgehead atoms. The van der Waals surface area contributed by atoms with E-state index in [-0.39, 0.29) is 11.7 Å². The van der Waals surface area contributed by atoms with Gasteiger partial charge in [-0.2, -0.15) is 0 Å². The normalized spacial score (nSPS) is 13.6. The number of carbonyl (C=O) groups is 1. The molecule has 4 heteroatoms. The predicted octanol–water partition coefficient (Wildman–Crippen LogP) is 4.19. The summed E-state index contributed by atoms with van der Waals surface area (Å²) in [7, 11) is 0. The van der Waals surface area contributed by atoms with Crippen LogP contribution in [-0.4, -0.2) is 37.0 Å². The molecule has 1 fully saturated rings. The van der Waals surface area contributed by atoms with Crippen molar-refractivity contribution < 1.29 is 9.18 Å². The molecule has 3 aromatic carbocycles. The summed E-state index contributed by atoms with van der Waals surface area (Å²) >= 11 is 0. The molecule has 29 heavy (non-hydrogen) atoms. The van der Waals surface area contributed by atoms with Crippen LogP contribution in [0.5, 0.6) is 0 Å². The maximum Gasteiger partial charge on any atom is 0.254 e. The minimum absolute atomic E-state index is 0.0205. The van der Waals surface area contributed by atoms with Gasteiger partial charge >= 0.3 is 0 Å². The van der Waals surface area contributed by atoms with Crippen molar-refractivity contribution in [1.29, 1.82) is 0 Å². The number of rotatable bonds is 2. The summed E-state index contributed by atoms with van der Waals surface area (Å²) in [6.45, 7) is 2.72. The average molecular weight is 384 g/mol. The van der Waals surface area contributed by atoms with E-state index >= 15 is 0 Å². The molecular formula is C25H21FN2O. The van der Waals surface area contributed by atoms with E-state index in [1.54, 1.807) is 12.1 Å². The summed E-state index contributed by atoms with van der Waals surface area (Å²) in [5.74, 6) is 6.04. The fraction of sp³-hybridized carbons (Fsp3) is 0.160. The highest BCUT2D eigenvalue weighted by molar-refractivity contribution is 5.94. The molecule has 0 N–H and O–H groups in total. The highest BCUT2D eigenvalue weighted by atomic mass is 19.1. The summed E-state index contributed by atoms with van der Waals surface area (Å²) < 4.78 is 13.1. The van der Waals surface area contributed by atoms with Crippen molar-refractivity contribution in [1.82, 2.24) is 4.90 Å². The first-order valence-electron chi connectivity index (χ1n) is 9.66. The summed E-state index contributed by atoms with van der Waals surface area (Å²) in [5.41, 5.74) is 3.41. The van der Waals surface area contributed by atoms with E-state index < -0.39 is 0 Å². The monoisotopic (exact) mass is 384 g/mol. The fourth-order valence-electron chi connectivity index (χ4n) is 3.40. The number of benzene rings is 3. The molecule has 4 rings (SSSR count). The fourth-order valence-corrected chi connectivity index (χ4v) is 3.40. The number of piperazine rings is 1. The van der Waals surface area contributed by atoms with Gasteiger partial charge in [0.25, 0.3) is 5.91 Å². The lowest BCUT2D eigenvalue weighted by atomic mass is 10.1. The van der Waals surface area contributed by atoms with Crippen LogP contribution < -0.4 is 4.90 Å². The molecule has 1 aliphatic rings. The molecule has 144 valence electrons. The Morgan fingerprint density at radius 1 is 0.759 bits per heavy atom. The molecule has 3 nitrogen and oxygen atoms in total. The van der Waals surface area contributed by atoms with E-state index in [1.807, 2.05) is 59.5 Å². The number of carbonyl (C=O) groups excluding carboxylic acids is 1. The second-order valence-corrected chi connectivity index (χ2v) is 6.95. The standard InChI is InChI=1S/C25H21FN2O/c26-23-11-13-24(14-12-23)27-15-17-28(18-16-27)25(29)22-8-4-7-21(19-22)10-9-20-5-2-1-3-6-20/h1-8,11-14,19H,15-18H2. The lowest BCUT2D eigenvalue weighted by molar-refractivity contribution is 0.0746. The molecule has 0 radical (unpaired) electrons. The predicted molar refractivity (Wildman–Crippen MR) is 113 cm³/mol. The van der Waals surface area contributed by atoms with Crippen LogP contribution in [-0.2, 0) is 0 Å². The number of hydrogen-bond acceptors (Lipinski definition) is 2. The maximum absolute atomic E-state index is 13.1. The van der Waals surface area contributed by atoms with Crippen molar-refractivity contribution in [3.05, 3.63) is 101 Å². The van der Waals surface area contributed by atoms with E-state index in [1.165, 1.54) is 12.1 Å². The Balaban J connectivity index is 1.41. The number of nitrogens with zero attached hydrogens (tertiary/aromatic N) is 2. The number of halogens is 1. The van der Waals surface area contributed by atoms with E-state index in [0.29, 0.717) is 18.7 Å². The van der Waals surface area contributed by atoms with Gasteiger partial charge in [0.2, 0.25) is 0 Å². The van der Waals surface area contributed by atoms with Gasteiger partial charge in [0, 0.05) is 48.6 Å². The molecule has 0 unspecified atom stereocenters. The zero-order chi connectivity index (χ0) is 20.1. The third-order valence-electron chi connectivity index (χ3n) is 4.99. The lowest BCUT2D eigenvalue weighted by Gasteiger charge is -2.36. The zero-order valence-electron chi connectivity index (χ0n) is 16.0. The highest BCUT2D eigenvalue weighted by Crippen LogP contribution is 2.18. The van der Waals surface area contributed by atoms with Crippen molar-refractivity contribution in [3.8, 4) is 11.8 Å². The third-order valence-corrected chi connectivity index (χ3v) is 4.99. The van der Waals surface area contributed by atoms with Gasteiger partial charge in [-0.25, -0.2) is 4.39 Å². The van der Waals surface area contributed by atoms with Gasteiger partial charge in [0.05, 0.1) is 0 Å². The van der Waals surface area contributed by atoms with Gasteiger partial charge in [0.1, 0.15) is 5.82 Å². The van der Waals surface area contributed by atoms with Crippen LogP contribution in [0.15, 0.2) is 78.9 Å². The van der Waals surface area contributed by atoms with E-state index in [4.69, 9.17) is 0 Å². The largest absolute Gasteiger partial charge is 0.368 e. The Morgan fingerprint density at radius 3 is 2.14 bits per heavy atom. The van der Waals surface area contributed by atoms with Crippen LogP contribution in [0.1, 0.15) is 21.5 Å². The Bertz CT molecular complexity index is 1040. The van der Waals surface area contributed by atoms with Crippen LogP contribution in [0.4, 0.5) is 10.1 Å². The number of hydrogen-bond donors (Lipinski definition) is 0. The van der Waals surface area contributed by atoms with Gasteiger partial charge in [-0.3, -0.25) is 4.79 Å². The SMILES string of the molecule is O=C(c1cccc(C#Cc2ccccc2)c1)N1CCN(c2ccc(F)cc2)CC1. The van der Waals surface area contributed by atoms with E-state index in [9.17, 15) is 9.18 Å². The van der Waals surface area contributed by atoms with Gasteiger partial charge in [-0.1, -0.05) is 36.1 Å². The van der Waals surface area contributed by atoms with Crippen molar-refractivity contribution in [2.75, 3.05) is 31.1 Å². The summed E-state index contributed by atoms with van der Waals surface area (Å²) in [6, 6.07) is 23.8. The molecule has 1 amide bonds. The van der Waals surface area contributed by atoms with Gasteiger partial charge < -0.3 is 9.80 Å². The molecule has 1 heterocycles. The number of anilines is 1. The third kappa shape index (κ3) is 4.64. The quantitative estimate of drug-likeness (QED) is 0.619. The average Bonchev–Trinajstić information content (AvgIpc) is 2.79. The van der Waals surface area contributed by atoms with Crippen LogP contribution >= 0.6 is 0 Å². The Kier molecular flexibility index (Phi) is 5.58. The van der Waals surface area contributed by atoms with Crippen LogP contribution in [0.3, 0.4) is 0 Å². The Morgan fingerprint density at radius 2 is 1.41 bits per heavy atom. The minimum atomic E-state index is -0.238. The molecule has 0 spiro atoms. The summed E-state index contributed by atoms with van der Waals surface area (Å²) in [6.07, 6.45) is 0. The molecule has 0 atom stereocenters. The smallest absolute Gasteiger partial charge is 0.254 e. The van der Waals surface area contributed by atoms with Crippen molar-refractivity contribution in [3.63, 3.8) is 0 Å². The van der Waals surface area contributed by atoms with Crippen LogP contribution in [0.25, 0.3) is 0 Å². The number of amides is 1. The van der Waals surface area contributed by atoms with Gasteiger partial charge in [-0.05, 0) is 54.6 Å². The molecule has 0 saturated carbocycles. The molecule has 1 saturated heterocycles. The highest BCUT2D eigenvalue weighted by Gasteiger charge is 2.22. The van der Waals surface area contributed by atoms with E-state index in [2.05, 4.69) is 16.7 Å². The maximum atomic E-state index is 13.1. The summed E-state index contributed by atoms with van der Waals surface area (Å²) in [5, 5.41) is 0. The molecular weight excluding hydrogens is 363 g/mol. The topological polar surface area (TPSA) is 23.6 Å². The van der Waals surface area contributed by atoms with E-state index in [0.717, 1.165) is 29.9 Å². The molecule has 1 aliphatic heterocycles. The summed E-state index contributed by atoms with van der Waals surface area (Å²) in [4.78, 5) is 17.0. The second kappa shape index (κ2) is 8.62. The Labute approximate surface area is 170 Å². The van der Waals surface area contributed by atoms with Crippen molar-refractivity contribution >= 4 is 11.6 Å². The molecule has 0 aliphatic carbocycles. The van der Waals surface area contributed by atoms with Crippen LogP contribution in [0.2, 0.25) is 0 Å². The minimum Gasteiger partial charge on any atom is -0.368 e. The first-order valence-corrected chi connectivity index (χ1v) is 9.66. The van der Waals surface area contributed by atoms with Crippen molar-refractivity contribution in [2.45, 2.75) is 0 Å². The van der Waals surface area contributed by atoms with Gasteiger partial charge in [-0.15, -0.1) is 0 Å². The van der Waals surface area contributed by atoms with Gasteiger partial charge in [0.15, 0.2) is 0 Å². The van der Waals surface area contributed by atoms with Crippen LogP contribution in [0, 0.1) is 17.7 Å². The first-order chi connectivity index (χ1) is 14.2. The Hall–Kier alpha value is -3.58. The first kappa shape index (κ1) is 18.8. The molecule has 0 aromatic heterocycles. The lowest BCUT2D eigenvalue weighted by Crippen LogP contribution is -2.48. The molecule has 3 aromatic rings. The second-order valence-electron chi connectivity index (χ2n) is 6.95. The zero-order valence-corrected chi connectivity index (χ0v) is 16.0.